The quantitative estimate of drug-likeness (QED) is 0.796. The third-order valence-corrected chi connectivity index (χ3v) is 3.92. The first-order chi connectivity index (χ1) is 11.5. The number of halogens is 3. The zero-order valence-electron chi connectivity index (χ0n) is 14.2. The molecule has 1 saturated carbocycles. The molecule has 1 aliphatic rings. The minimum atomic E-state index is -2.10. The Morgan fingerprint density at radius 1 is 1.32 bits per heavy atom. The largest absolute Gasteiger partial charge is 0.444 e. The summed E-state index contributed by atoms with van der Waals surface area (Å²) in [6, 6.07) is 0.982. The van der Waals surface area contributed by atoms with Crippen molar-refractivity contribution in [3.05, 3.63) is 35.1 Å². The van der Waals surface area contributed by atoms with Crippen LogP contribution in [0.2, 0.25) is 0 Å². The molecule has 25 heavy (non-hydrogen) atoms. The smallest absolute Gasteiger partial charge is 0.408 e. The fourth-order valence-electron chi connectivity index (χ4n) is 2.90. The van der Waals surface area contributed by atoms with Crippen molar-refractivity contribution in [1.82, 2.24) is 5.32 Å². The number of aliphatic hydroxyl groups excluding tert-OH is 1. The van der Waals surface area contributed by atoms with Crippen LogP contribution in [0, 0.1) is 17.5 Å². The molecule has 0 spiro atoms. The number of amides is 1. The van der Waals surface area contributed by atoms with Crippen molar-refractivity contribution in [2.45, 2.75) is 57.3 Å². The highest BCUT2D eigenvalue weighted by Gasteiger charge is 2.49. The van der Waals surface area contributed by atoms with E-state index in [-0.39, 0.29) is 19.3 Å². The summed E-state index contributed by atoms with van der Waals surface area (Å²) in [5.74, 6) is -4.99. The van der Waals surface area contributed by atoms with Crippen LogP contribution in [-0.4, -0.2) is 28.7 Å². The van der Waals surface area contributed by atoms with Crippen LogP contribution in [0.3, 0.4) is 0 Å². The highest BCUT2D eigenvalue weighted by molar-refractivity contribution is 5.96. The standard InChI is InChI=1S/C17H20F3NO4/c1-16(2,3)25-15(24)21-17(6-4-5-12(22)14(17)23)10-7-9(18)8-11(19)13(10)20/h7-8,12,22H,4-6H2,1-3H3,(H,21,24). The van der Waals surface area contributed by atoms with Gasteiger partial charge in [0.1, 0.15) is 23.1 Å². The topological polar surface area (TPSA) is 75.6 Å². The second-order valence-corrected chi connectivity index (χ2v) is 7.05. The molecule has 0 aliphatic heterocycles. The fraction of sp³-hybridized carbons (Fsp3) is 0.529. The maximum absolute atomic E-state index is 14.3. The highest BCUT2D eigenvalue weighted by atomic mass is 19.2. The number of benzene rings is 1. The van der Waals surface area contributed by atoms with Crippen molar-refractivity contribution < 1.29 is 32.6 Å². The van der Waals surface area contributed by atoms with Gasteiger partial charge >= 0.3 is 6.09 Å². The second kappa shape index (κ2) is 6.67. The lowest BCUT2D eigenvalue weighted by Crippen LogP contribution is -2.58. The molecule has 0 aromatic heterocycles. The number of nitrogens with one attached hydrogen (secondary N) is 1. The van der Waals surface area contributed by atoms with E-state index in [0.717, 1.165) is 0 Å². The number of hydrogen-bond acceptors (Lipinski definition) is 4. The lowest BCUT2D eigenvalue weighted by molar-refractivity contribution is -0.138. The average Bonchev–Trinajstić information content (AvgIpc) is 2.45. The van der Waals surface area contributed by atoms with Crippen LogP contribution in [-0.2, 0) is 15.1 Å². The first-order valence-corrected chi connectivity index (χ1v) is 7.85. The summed E-state index contributed by atoms with van der Waals surface area (Å²) in [6.07, 6.45) is -2.33. The van der Waals surface area contributed by atoms with E-state index >= 15 is 0 Å². The summed E-state index contributed by atoms with van der Waals surface area (Å²) in [5.41, 5.74) is -3.68. The molecule has 1 aliphatic carbocycles. The molecular weight excluding hydrogens is 339 g/mol. The van der Waals surface area contributed by atoms with Gasteiger partial charge in [-0.1, -0.05) is 0 Å². The molecule has 0 radical (unpaired) electrons. The van der Waals surface area contributed by atoms with Crippen LogP contribution >= 0.6 is 0 Å². The Balaban J connectivity index is 2.54. The van der Waals surface area contributed by atoms with Crippen LogP contribution in [0.15, 0.2) is 12.1 Å². The van der Waals surface area contributed by atoms with E-state index in [1.54, 1.807) is 20.8 Å². The molecule has 2 N–H and O–H groups in total. The molecule has 1 aromatic carbocycles. The Morgan fingerprint density at radius 2 is 1.96 bits per heavy atom. The van der Waals surface area contributed by atoms with Crippen LogP contribution in [0.4, 0.5) is 18.0 Å². The van der Waals surface area contributed by atoms with Gasteiger partial charge in [-0.15, -0.1) is 0 Å². The predicted octanol–water partition coefficient (Wildman–Crippen LogP) is 2.94. The predicted molar refractivity (Wildman–Crippen MR) is 82.2 cm³/mol. The van der Waals surface area contributed by atoms with Gasteiger partial charge < -0.3 is 15.2 Å². The van der Waals surface area contributed by atoms with E-state index in [9.17, 15) is 27.9 Å². The molecule has 5 nitrogen and oxygen atoms in total. The fourth-order valence-corrected chi connectivity index (χ4v) is 2.90. The number of carbonyl (C=O) groups excluding carboxylic acids is 2. The number of ether oxygens (including phenoxy) is 1. The number of Topliss-reactive ketones (excluding diaryl/α,β-unsaturated/α-hetero) is 1. The van der Waals surface area contributed by atoms with E-state index in [1.165, 1.54) is 0 Å². The molecule has 8 heteroatoms. The van der Waals surface area contributed by atoms with Gasteiger partial charge in [-0.25, -0.2) is 18.0 Å². The van der Waals surface area contributed by atoms with Gasteiger partial charge in [-0.2, -0.15) is 0 Å². The molecule has 2 rings (SSSR count). The van der Waals surface area contributed by atoms with E-state index in [1.807, 2.05) is 0 Å². The highest BCUT2D eigenvalue weighted by Crippen LogP contribution is 2.37. The Morgan fingerprint density at radius 3 is 2.56 bits per heavy atom. The molecule has 2 atom stereocenters. The molecule has 1 fully saturated rings. The molecule has 0 bridgehead atoms. The van der Waals surface area contributed by atoms with Crippen molar-refractivity contribution in [3.63, 3.8) is 0 Å². The van der Waals surface area contributed by atoms with Crippen LogP contribution in [0.1, 0.15) is 45.6 Å². The van der Waals surface area contributed by atoms with Crippen LogP contribution in [0.25, 0.3) is 0 Å². The summed E-state index contributed by atoms with van der Waals surface area (Å²) in [4.78, 5) is 24.8. The Hall–Kier alpha value is -2.09. The van der Waals surface area contributed by atoms with E-state index in [4.69, 9.17) is 4.74 Å². The average molecular weight is 359 g/mol. The van der Waals surface area contributed by atoms with Gasteiger partial charge in [0.05, 0.1) is 0 Å². The number of carbonyl (C=O) groups is 2. The lowest BCUT2D eigenvalue weighted by Gasteiger charge is -2.39. The van der Waals surface area contributed by atoms with Gasteiger partial charge in [0.2, 0.25) is 0 Å². The van der Waals surface area contributed by atoms with Gasteiger partial charge in [0, 0.05) is 11.6 Å². The van der Waals surface area contributed by atoms with Crippen molar-refractivity contribution >= 4 is 11.9 Å². The SMILES string of the molecule is CC(C)(C)OC(=O)NC1(c2cc(F)cc(F)c2F)CCCC(O)C1=O. The van der Waals surface area contributed by atoms with Crippen LogP contribution in [0.5, 0.6) is 0 Å². The maximum Gasteiger partial charge on any atom is 0.408 e. The molecule has 2 unspecified atom stereocenters. The molecule has 0 saturated heterocycles. The Kier molecular flexibility index (Phi) is 5.13. The van der Waals surface area contributed by atoms with Gasteiger partial charge in [-0.3, -0.25) is 4.79 Å². The summed E-state index contributed by atoms with van der Waals surface area (Å²) in [6.45, 7) is 4.75. The summed E-state index contributed by atoms with van der Waals surface area (Å²) < 4.78 is 46.7. The summed E-state index contributed by atoms with van der Waals surface area (Å²) in [7, 11) is 0. The third-order valence-electron chi connectivity index (χ3n) is 3.92. The number of rotatable bonds is 2. The van der Waals surface area contributed by atoms with Crippen molar-refractivity contribution in [2.24, 2.45) is 0 Å². The monoisotopic (exact) mass is 359 g/mol. The summed E-state index contributed by atoms with van der Waals surface area (Å²) in [5, 5.41) is 12.1. The molecule has 1 aromatic rings. The van der Waals surface area contributed by atoms with Gasteiger partial charge in [0.15, 0.2) is 17.4 Å². The van der Waals surface area contributed by atoms with Crippen molar-refractivity contribution in [1.29, 1.82) is 0 Å². The Bertz CT molecular complexity index is 702. The zero-order valence-corrected chi connectivity index (χ0v) is 14.2. The van der Waals surface area contributed by atoms with Crippen molar-refractivity contribution in [2.75, 3.05) is 0 Å². The number of hydrogen-bond donors (Lipinski definition) is 2. The molecule has 138 valence electrons. The van der Waals surface area contributed by atoms with Gasteiger partial charge in [-0.05, 0) is 46.1 Å². The number of alkyl carbamates (subject to hydrolysis) is 1. The lowest BCUT2D eigenvalue weighted by atomic mass is 9.74. The second-order valence-electron chi connectivity index (χ2n) is 7.05. The minimum Gasteiger partial charge on any atom is -0.444 e. The molecule has 1 amide bonds. The van der Waals surface area contributed by atoms with Crippen LogP contribution < -0.4 is 5.32 Å². The van der Waals surface area contributed by atoms with Crippen molar-refractivity contribution in [3.8, 4) is 0 Å². The van der Waals surface area contributed by atoms with E-state index < -0.39 is 52.1 Å². The van der Waals surface area contributed by atoms with Gasteiger partial charge in [0.25, 0.3) is 0 Å². The third kappa shape index (κ3) is 3.95. The minimum absolute atomic E-state index is 0.107. The number of aliphatic hydroxyl groups is 1. The normalized spacial score (nSPS) is 24.1. The first kappa shape index (κ1) is 19.2. The van der Waals surface area contributed by atoms with E-state index in [0.29, 0.717) is 12.1 Å². The molecular formula is C17H20F3NO4. The molecule has 0 heterocycles. The first-order valence-electron chi connectivity index (χ1n) is 7.85. The zero-order chi connectivity index (χ0) is 19.0. The maximum atomic E-state index is 14.3. The number of ketones is 1. The van der Waals surface area contributed by atoms with E-state index in [2.05, 4.69) is 5.32 Å². The Labute approximate surface area is 143 Å². The summed E-state index contributed by atoms with van der Waals surface area (Å²) >= 11 is 0.